The first-order chi connectivity index (χ1) is 6.11. The molecule has 0 aromatic heterocycles. The van der Waals surface area contributed by atoms with Gasteiger partial charge in [0.1, 0.15) is 0 Å². The second-order valence-corrected chi connectivity index (χ2v) is 9.64. The van der Waals surface area contributed by atoms with Gasteiger partial charge in [0.2, 0.25) is 0 Å². The molecule has 66 valence electrons. The zero-order valence-electron chi connectivity index (χ0n) is 6.94. The molecule has 0 aromatic carbocycles. The van der Waals surface area contributed by atoms with Crippen molar-refractivity contribution in [3.05, 3.63) is 29.2 Å². The molecule has 0 unspecified atom stereocenters. The van der Waals surface area contributed by atoms with E-state index < -0.39 is 33.3 Å². The molecule has 0 saturated heterocycles. The molecule has 0 spiro atoms. The van der Waals surface area contributed by atoms with Crippen molar-refractivity contribution >= 4 is 33.3 Å². The van der Waals surface area contributed by atoms with Crippen LogP contribution in [0.5, 0.6) is 0 Å². The van der Waals surface area contributed by atoms with Gasteiger partial charge in [0.15, 0.2) is 0 Å². The van der Waals surface area contributed by atoms with E-state index in [0.717, 1.165) is 6.08 Å². The molecule has 1 aliphatic heterocycles. The Morgan fingerprint density at radius 2 is 1.69 bits per heavy atom. The minimum atomic E-state index is -2.29. The van der Waals surface area contributed by atoms with E-state index >= 15 is 0 Å². The van der Waals surface area contributed by atoms with Crippen LogP contribution in [0.4, 0.5) is 0 Å². The summed E-state index contributed by atoms with van der Waals surface area (Å²) in [7, 11) is 0. The summed E-state index contributed by atoms with van der Waals surface area (Å²) in [6.07, 6.45) is 4.90. The number of nitrogens with two attached hydrogens (primary N) is 2. The van der Waals surface area contributed by atoms with Crippen molar-refractivity contribution in [1.29, 1.82) is 0 Å². The van der Waals surface area contributed by atoms with E-state index in [4.69, 9.17) is 11.5 Å². The Morgan fingerprint density at radius 1 is 1.15 bits per heavy atom. The summed E-state index contributed by atoms with van der Waals surface area (Å²) in [5.41, 5.74) is 10.1. The second kappa shape index (κ2) is 4.32. The summed E-state index contributed by atoms with van der Waals surface area (Å²) < 4.78 is 4.38. The molecule has 0 aromatic rings. The molecule has 0 radical (unpaired) electrons. The zero-order valence-corrected chi connectivity index (χ0v) is 10.2. The molecule has 1 rings (SSSR count). The molecule has 0 atom stereocenters. The van der Waals surface area contributed by atoms with Crippen LogP contribution in [0.15, 0.2) is 29.2 Å². The Labute approximate surface area is 83.5 Å². The summed E-state index contributed by atoms with van der Waals surface area (Å²) in [6, 6.07) is 0. The van der Waals surface area contributed by atoms with Gasteiger partial charge < -0.3 is 0 Å². The van der Waals surface area contributed by atoms with Gasteiger partial charge >= 0.3 is 83.5 Å². The molecular formula is C8H9InN2O2. The summed E-state index contributed by atoms with van der Waals surface area (Å²) in [4.78, 5) is 21.5. The van der Waals surface area contributed by atoms with Crippen LogP contribution < -0.4 is 11.5 Å². The first-order valence-corrected chi connectivity index (χ1v) is 9.22. The number of carbonyl (C=O) groups is 2. The van der Waals surface area contributed by atoms with Crippen LogP contribution in [-0.4, -0.2) is 33.3 Å². The van der Waals surface area contributed by atoms with Crippen LogP contribution >= 0.6 is 0 Å². The fourth-order valence-electron chi connectivity index (χ4n) is 1.12. The third kappa shape index (κ3) is 2.77. The van der Waals surface area contributed by atoms with Gasteiger partial charge in [-0.05, 0) is 0 Å². The van der Waals surface area contributed by atoms with Crippen LogP contribution in [0.2, 0.25) is 0 Å². The summed E-state index contributed by atoms with van der Waals surface area (Å²) >= 11 is -2.29. The average Bonchev–Trinajstić information content (AvgIpc) is 2.50. The minimum absolute atomic E-state index is 0.430. The molecule has 4 N–H and O–H groups in total. The third-order valence-corrected chi connectivity index (χ3v) is 8.66. The van der Waals surface area contributed by atoms with Crippen molar-refractivity contribution in [2.75, 3.05) is 0 Å². The first kappa shape index (κ1) is 10.1. The Bertz CT molecular complexity index is 319. The number of primary amides is 2. The van der Waals surface area contributed by atoms with E-state index in [9.17, 15) is 9.59 Å². The molecule has 4 nitrogen and oxygen atoms in total. The molecule has 1 heterocycles. The number of hydrogen-bond donors (Lipinski definition) is 2. The van der Waals surface area contributed by atoms with Crippen LogP contribution in [0.25, 0.3) is 0 Å². The second-order valence-electron chi connectivity index (χ2n) is 2.66. The van der Waals surface area contributed by atoms with Gasteiger partial charge in [-0.1, -0.05) is 0 Å². The molecule has 2 amide bonds. The quantitative estimate of drug-likeness (QED) is 0.658. The Hall–Kier alpha value is -0.970. The monoisotopic (exact) mass is 280 g/mol. The van der Waals surface area contributed by atoms with E-state index in [1.54, 1.807) is 0 Å². The molecule has 0 fully saturated rings. The average molecular weight is 280 g/mol. The van der Waals surface area contributed by atoms with Crippen molar-refractivity contribution in [2.45, 2.75) is 0 Å². The van der Waals surface area contributed by atoms with Gasteiger partial charge in [-0.15, -0.1) is 0 Å². The fraction of sp³-hybridized carbons (Fsp3) is 0. The van der Waals surface area contributed by atoms with Crippen LogP contribution in [-0.2, 0) is 9.59 Å². The maximum atomic E-state index is 11.0. The van der Waals surface area contributed by atoms with Crippen molar-refractivity contribution in [2.24, 2.45) is 11.5 Å². The van der Waals surface area contributed by atoms with Gasteiger partial charge in [-0.25, -0.2) is 0 Å². The number of allylic oxidation sites excluding steroid dienone is 2. The van der Waals surface area contributed by atoms with E-state index in [1.807, 2.05) is 19.8 Å². The van der Waals surface area contributed by atoms with Gasteiger partial charge in [-0.2, -0.15) is 0 Å². The van der Waals surface area contributed by atoms with Crippen molar-refractivity contribution < 1.29 is 9.59 Å². The van der Waals surface area contributed by atoms with E-state index in [1.165, 1.54) is 0 Å². The Balaban J connectivity index is 2.92. The number of rotatable bonds is 3. The number of hydrogen-bond acceptors (Lipinski definition) is 2. The third-order valence-electron chi connectivity index (χ3n) is 1.69. The predicted molar refractivity (Wildman–Crippen MR) is 50.5 cm³/mol. The standard InChI is InChI=1S/C4H5N2O2.C4H4.In/c5-3(7)1-2-4(6)8;1-3-4-2;/h1H,(H2,5,7)(H2,6,8);1-4H;. The Kier molecular flexibility index (Phi) is 3.36. The summed E-state index contributed by atoms with van der Waals surface area (Å²) in [5.74, 6) is -1.14. The fourth-order valence-corrected chi connectivity index (χ4v) is 6.73. The summed E-state index contributed by atoms with van der Waals surface area (Å²) in [5, 5.41) is 0. The molecule has 1 aliphatic rings. The Morgan fingerprint density at radius 3 is 2.08 bits per heavy atom. The maximum absolute atomic E-state index is 11.0. The molecule has 13 heavy (non-hydrogen) atoms. The predicted octanol–water partition coefficient (Wildman–Crippen LogP) is -0.878. The molecule has 5 heteroatoms. The SMILES string of the molecule is NC(=O)/C=[C](/C(N)=O)[In]1[CH]=CC=[CH]1. The molecular weight excluding hydrogens is 271 g/mol. The number of carbonyl (C=O) groups excluding carboxylic acids is 2. The van der Waals surface area contributed by atoms with Gasteiger partial charge in [0, 0.05) is 0 Å². The summed E-state index contributed by atoms with van der Waals surface area (Å²) in [6.45, 7) is 0. The van der Waals surface area contributed by atoms with Gasteiger partial charge in [0.25, 0.3) is 0 Å². The van der Waals surface area contributed by atoms with Crippen LogP contribution in [0, 0.1) is 0 Å². The van der Waals surface area contributed by atoms with E-state index in [-0.39, 0.29) is 0 Å². The van der Waals surface area contributed by atoms with Crippen LogP contribution in [0.1, 0.15) is 0 Å². The topological polar surface area (TPSA) is 86.2 Å². The van der Waals surface area contributed by atoms with Crippen molar-refractivity contribution in [3.8, 4) is 0 Å². The van der Waals surface area contributed by atoms with Gasteiger partial charge in [0.05, 0.1) is 0 Å². The van der Waals surface area contributed by atoms with Crippen molar-refractivity contribution in [3.63, 3.8) is 0 Å². The van der Waals surface area contributed by atoms with E-state index in [2.05, 4.69) is 0 Å². The van der Waals surface area contributed by atoms with Gasteiger partial charge in [-0.3, -0.25) is 0 Å². The molecule has 0 aliphatic carbocycles. The normalized spacial score (nSPS) is 15.1. The number of amides is 2. The zero-order chi connectivity index (χ0) is 9.84. The van der Waals surface area contributed by atoms with Crippen LogP contribution in [0.3, 0.4) is 0 Å². The van der Waals surface area contributed by atoms with E-state index in [0.29, 0.717) is 3.33 Å². The first-order valence-electron chi connectivity index (χ1n) is 3.77. The van der Waals surface area contributed by atoms with Crippen molar-refractivity contribution in [1.82, 2.24) is 0 Å². The molecule has 0 saturated carbocycles. The molecule has 0 bridgehead atoms.